The molecular formula is C27H31N3OS. The number of hydrogen-bond acceptors (Lipinski definition) is 4. The highest BCUT2D eigenvalue weighted by atomic mass is 32.2. The molecule has 2 heterocycles. The lowest BCUT2D eigenvalue weighted by Gasteiger charge is -2.46. The van der Waals surface area contributed by atoms with E-state index in [1.807, 2.05) is 43.3 Å². The van der Waals surface area contributed by atoms with Gasteiger partial charge in [0, 0.05) is 23.8 Å². The predicted octanol–water partition coefficient (Wildman–Crippen LogP) is 6.72. The molecule has 1 saturated heterocycles. The summed E-state index contributed by atoms with van der Waals surface area (Å²) in [6, 6.07) is 16.7. The summed E-state index contributed by atoms with van der Waals surface area (Å²) in [5, 5.41) is 0.733. The van der Waals surface area contributed by atoms with E-state index in [-0.39, 0.29) is 11.4 Å². The standard InChI is InChI=1S/C27H31N3OS/c1-7-29-25(31)24(32-26(29)28-21-11-9-8-10-12-21)16-20-13-14-23-22(15-20)19(4)17-27(5,6)30(23)18(2)3/h8-18H,7H2,1-6H3/b24-16-,28-26?. The molecule has 0 radical (unpaired) electrons. The summed E-state index contributed by atoms with van der Waals surface area (Å²) in [5.41, 5.74) is 5.61. The SMILES string of the molecule is CCN1C(=O)/C(=C/c2ccc3c(c2)C(C)=CC(C)(C)N3C(C)C)SC1=Nc1ccccc1. The summed E-state index contributed by atoms with van der Waals surface area (Å²) < 4.78 is 0. The fourth-order valence-corrected chi connectivity index (χ4v) is 5.80. The number of carbonyl (C=O) groups is 1. The van der Waals surface area contributed by atoms with Gasteiger partial charge in [0.15, 0.2) is 5.17 Å². The molecule has 4 rings (SSSR count). The van der Waals surface area contributed by atoms with E-state index in [0.29, 0.717) is 17.5 Å². The van der Waals surface area contributed by atoms with Crippen LogP contribution in [0.5, 0.6) is 0 Å². The number of para-hydroxylation sites is 1. The Morgan fingerprint density at radius 3 is 2.50 bits per heavy atom. The van der Waals surface area contributed by atoms with Gasteiger partial charge in [-0.1, -0.05) is 30.3 Å². The van der Waals surface area contributed by atoms with Crippen molar-refractivity contribution < 1.29 is 4.79 Å². The average Bonchev–Trinajstić information content (AvgIpc) is 3.02. The smallest absolute Gasteiger partial charge is 0.266 e. The monoisotopic (exact) mass is 445 g/mol. The van der Waals surface area contributed by atoms with Gasteiger partial charge in [0.1, 0.15) is 0 Å². The minimum Gasteiger partial charge on any atom is -0.360 e. The number of nitrogens with zero attached hydrogens (tertiary/aromatic N) is 3. The molecule has 0 N–H and O–H groups in total. The molecule has 4 nitrogen and oxygen atoms in total. The molecule has 0 aromatic heterocycles. The highest BCUT2D eigenvalue weighted by Gasteiger charge is 2.34. The van der Waals surface area contributed by atoms with Crippen molar-refractivity contribution >= 4 is 45.9 Å². The maximum Gasteiger partial charge on any atom is 0.266 e. The maximum atomic E-state index is 13.1. The van der Waals surface area contributed by atoms with E-state index in [1.165, 1.54) is 28.6 Å². The van der Waals surface area contributed by atoms with Crippen LogP contribution in [0.2, 0.25) is 0 Å². The second kappa shape index (κ2) is 8.62. The number of benzene rings is 2. The first kappa shape index (κ1) is 22.4. The van der Waals surface area contributed by atoms with Gasteiger partial charge in [-0.15, -0.1) is 0 Å². The first-order chi connectivity index (χ1) is 15.2. The minimum atomic E-state index is -0.0348. The van der Waals surface area contributed by atoms with E-state index in [2.05, 4.69) is 63.8 Å². The summed E-state index contributed by atoms with van der Waals surface area (Å²) in [6.07, 6.45) is 4.33. The van der Waals surface area contributed by atoms with E-state index in [0.717, 1.165) is 16.4 Å². The summed E-state index contributed by atoms with van der Waals surface area (Å²) in [5.74, 6) is 0.0158. The topological polar surface area (TPSA) is 35.9 Å². The van der Waals surface area contributed by atoms with Crippen LogP contribution in [-0.4, -0.2) is 34.1 Å². The summed E-state index contributed by atoms with van der Waals surface area (Å²) in [7, 11) is 0. The Labute approximate surface area is 195 Å². The largest absolute Gasteiger partial charge is 0.360 e. The van der Waals surface area contributed by atoms with E-state index in [1.54, 1.807) is 4.90 Å². The van der Waals surface area contributed by atoms with Crippen molar-refractivity contribution in [1.29, 1.82) is 0 Å². The van der Waals surface area contributed by atoms with Crippen LogP contribution in [-0.2, 0) is 4.79 Å². The molecule has 0 spiro atoms. The summed E-state index contributed by atoms with van der Waals surface area (Å²) in [4.78, 5) is 22.7. The van der Waals surface area contributed by atoms with Gasteiger partial charge in [0.25, 0.3) is 5.91 Å². The molecule has 2 aromatic rings. The Morgan fingerprint density at radius 1 is 1.12 bits per heavy atom. The molecule has 2 aliphatic heterocycles. The zero-order chi connectivity index (χ0) is 23.0. The van der Waals surface area contributed by atoms with Crippen LogP contribution in [0.4, 0.5) is 11.4 Å². The van der Waals surface area contributed by atoms with Crippen molar-refractivity contribution in [2.24, 2.45) is 4.99 Å². The van der Waals surface area contributed by atoms with E-state index in [9.17, 15) is 4.79 Å². The van der Waals surface area contributed by atoms with Crippen LogP contribution in [0, 0.1) is 0 Å². The lowest BCUT2D eigenvalue weighted by atomic mass is 9.87. The van der Waals surface area contributed by atoms with E-state index >= 15 is 0 Å². The highest BCUT2D eigenvalue weighted by Crippen LogP contribution is 2.41. The lowest BCUT2D eigenvalue weighted by molar-refractivity contribution is -0.122. The number of likely N-dealkylation sites (N-methyl/N-ethyl adjacent to an activating group) is 1. The number of allylic oxidation sites excluding steroid dienone is 1. The molecule has 0 atom stereocenters. The number of carbonyl (C=O) groups excluding carboxylic acids is 1. The van der Waals surface area contributed by atoms with E-state index in [4.69, 9.17) is 4.99 Å². The van der Waals surface area contributed by atoms with Crippen molar-refractivity contribution in [2.45, 2.75) is 53.1 Å². The normalized spacial score (nSPS) is 20.3. The molecule has 32 heavy (non-hydrogen) atoms. The number of fused-ring (bicyclic) bond motifs is 1. The van der Waals surface area contributed by atoms with Crippen molar-refractivity contribution in [3.63, 3.8) is 0 Å². The zero-order valence-electron chi connectivity index (χ0n) is 19.7. The maximum absolute atomic E-state index is 13.1. The molecule has 2 aliphatic rings. The van der Waals surface area contributed by atoms with Crippen LogP contribution in [0.25, 0.3) is 11.6 Å². The van der Waals surface area contributed by atoms with Gasteiger partial charge in [-0.05, 0) is 94.8 Å². The van der Waals surface area contributed by atoms with Crippen LogP contribution < -0.4 is 4.90 Å². The van der Waals surface area contributed by atoms with Gasteiger partial charge in [0.2, 0.25) is 0 Å². The van der Waals surface area contributed by atoms with E-state index < -0.39 is 0 Å². The van der Waals surface area contributed by atoms with Crippen LogP contribution in [0.1, 0.15) is 52.7 Å². The fraction of sp³-hybridized carbons (Fsp3) is 0.333. The van der Waals surface area contributed by atoms with Gasteiger partial charge in [-0.2, -0.15) is 0 Å². The van der Waals surface area contributed by atoms with Gasteiger partial charge >= 0.3 is 0 Å². The molecule has 0 saturated carbocycles. The molecule has 1 fully saturated rings. The minimum absolute atomic E-state index is 0.0158. The first-order valence-electron chi connectivity index (χ1n) is 11.2. The number of thioether (sulfide) groups is 1. The van der Waals surface area contributed by atoms with Gasteiger partial charge < -0.3 is 4.90 Å². The Kier molecular flexibility index (Phi) is 6.04. The molecule has 166 valence electrons. The molecule has 0 aliphatic carbocycles. The zero-order valence-corrected chi connectivity index (χ0v) is 20.5. The molecule has 0 unspecified atom stereocenters. The summed E-state index contributed by atoms with van der Waals surface area (Å²) >= 11 is 1.45. The predicted molar refractivity (Wildman–Crippen MR) is 138 cm³/mol. The van der Waals surface area contributed by atoms with Crippen LogP contribution in [0.3, 0.4) is 0 Å². The second-order valence-corrected chi connectivity index (χ2v) is 10.1. The number of rotatable bonds is 4. The number of hydrogen-bond donors (Lipinski definition) is 0. The lowest BCUT2D eigenvalue weighted by Crippen LogP contribution is -2.49. The van der Waals surface area contributed by atoms with Gasteiger partial charge in [0.05, 0.1) is 16.1 Å². The average molecular weight is 446 g/mol. The van der Waals surface area contributed by atoms with Crippen LogP contribution in [0.15, 0.2) is 64.5 Å². The highest BCUT2D eigenvalue weighted by molar-refractivity contribution is 8.18. The first-order valence-corrected chi connectivity index (χ1v) is 12.0. The third kappa shape index (κ3) is 4.14. The summed E-state index contributed by atoms with van der Waals surface area (Å²) in [6.45, 7) is 13.7. The van der Waals surface area contributed by atoms with Crippen molar-refractivity contribution in [3.8, 4) is 0 Å². The molecule has 5 heteroatoms. The number of amides is 1. The number of aliphatic imine (C=N–C) groups is 1. The number of amidine groups is 1. The van der Waals surface area contributed by atoms with Crippen LogP contribution >= 0.6 is 11.8 Å². The Morgan fingerprint density at radius 2 is 1.84 bits per heavy atom. The van der Waals surface area contributed by atoms with Gasteiger partial charge in [-0.3, -0.25) is 9.69 Å². The molecule has 0 bridgehead atoms. The fourth-order valence-electron chi connectivity index (χ4n) is 4.74. The second-order valence-electron chi connectivity index (χ2n) is 9.11. The molecular weight excluding hydrogens is 414 g/mol. The van der Waals surface area contributed by atoms with Gasteiger partial charge in [-0.25, -0.2) is 4.99 Å². The van der Waals surface area contributed by atoms with Crippen molar-refractivity contribution in [1.82, 2.24) is 4.90 Å². The Balaban J connectivity index is 1.70. The third-order valence-corrected chi connectivity index (χ3v) is 6.90. The molecule has 1 amide bonds. The number of anilines is 1. The Bertz CT molecular complexity index is 1130. The molecule has 2 aromatic carbocycles. The third-order valence-electron chi connectivity index (χ3n) is 5.90. The quantitative estimate of drug-likeness (QED) is 0.490. The van der Waals surface area contributed by atoms with Crippen molar-refractivity contribution in [2.75, 3.05) is 11.4 Å². The van der Waals surface area contributed by atoms with Crippen molar-refractivity contribution in [3.05, 3.63) is 70.6 Å². The Hall–Kier alpha value is -2.79.